The lowest BCUT2D eigenvalue weighted by Crippen LogP contribution is -1.86. The fraction of sp³-hybridized carbons (Fsp3) is 0.0909. The fourth-order valence-corrected chi connectivity index (χ4v) is 1.32. The van der Waals surface area contributed by atoms with Crippen LogP contribution in [0, 0.1) is 24.1 Å². The van der Waals surface area contributed by atoms with E-state index in [1.165, 1.54) is 12.1 Å². The van der Waals surface area contributed by atoms with Crippen molar-refractivity contribution >= 4 is 5.88 Å². The van der Waals surface area contributed by atoms with Gasteiger partial charge in [-0.2, -0.15) is 10.2 Å². The van der Waals surface area contributed by atoms with Gasteiger partial charge >= 0.3 is 0 Å². The summed E-state index contributed by atoms with van der Waals surface area (Å²) < 4.78 is 18.6. The minimum atomic E-state index is -0.453. The normalized spacial score (nSPS) is 10.1. The molecule has 1 heterocycles. The Kier molecular flexibility index (Phi) is 2.33. The van der Waals surface area contributed by atoms with Crippen LogP contribution in [-0.4, -0.2) is 4.98 Å². The molecule has 2 aromatic rings. The third-order valence-corrected chi connectivity index (χ3v) is 2.11. The first kappa shape index (κ1) is 10.2. The predicted molar refractivity (Wildman–Crippen MR) is 55.8 cm³/mol. The number of rotatable bonds is 1. The summed E-state index contributed by atoms with van der Waals surface area (Å²) in [6.07, 6.45) is 0. The van der Waals surface area contributed by atoms with Gasteiger partial charge in [-0.25, -0.2) is 4.39 Å². The molecule has 0 saturated carbocycles. The average molecular weight is 217 g/mol. The molecule has 0 aliphatic rings. The first-order valence-electron chi connectivity index (χ1n) is 4.54. The van der Waals surface area contributed by atoms with Gasteiger partial charge in [0, 0.05) is 0 Å². The number of nitrogens with zero attached hydrogens (tertiary/aromatic N) is 2. The van der Waals surface area contributed by atoms with Gasteiger partial charge in [0.1, 0.15) is 11.9 Å². The van der Waals surface area contributed by atoms with Crippen LogP contribution < -0.4 is 5.73 Å². The Morgan fingerprint density at radius 2 is 2.25 bits per heavy atom. The lowest BCUT2D eigenvalue weighted by Gasteiger charge is -1.98. The predicted octanol–water partition coefficient (Wildman–Crippen LogP) is 2.24. The van der Waals surface area contributed by atoms with Gasteiger partial charge in [-0.15, -0.1) is 0 Å². The van der Waals surface area contributed by atoms with Crippen molar-refractivity contribution in [2.24, 2.45) is 0 Å². The highest BCUT2D eigenvalue weighted by Crippen LogP contribution is 2.26. The molecule has 2 rings (SSSR count). The molecule has 0 radical (unpaired) electrons. The van der Waals surface area contributed by atoms with Gasteiger partial charge in [0.15, 0.2) is 0 Å². The summed E-state index contributed by atoms with van der Waals surface area (Å²) in [5.41, 5.74) is 6.35. The number of halogens is 1. The molecule has 16 heavy (non-hydrogen) atoms. The molecule has 4 nitrogen and oxygen atoms in total. The molecular weight excluding hydrogens is 209 g/mol. The molecule has 2 N–H and O–H groups in total. The Balaban J connectivity index is 2.55. The maximum absolute atomic E-state index is 13.6. The molecule has 1 aromatic heterocycles. The Morgan fingerprint density at radius 3 is 2.81 bits per heavy atom. The first-order valence-corrected chi connectivity index (χ1v) is 4.54. The number of hydrogen-bond donors (Lipinski definition) is 1. The zero-order chi connectivity index (χ0) is 11.7. The van der Waals surface area contributed by atoms with E-state index in [1.54, 1.807) is 19.1 Å². The van der Waals surface area contributed by atoms with E-state index in [2.05, 4.69) is 4.98 Å². The lowest BCUT2D eigenvalue weighted by atomic mass is 10.1. The number of hydrogen-bond acceptors (Lipinski definition) is 4. The van der Waals surface area contributed by atoms with E-state index in [4.69, 9.17) is 15.4 Å². The maximum Gasteiger partial charge on any atom is 0.233 e. The van der Waals surface area contributed by atoms with Crippen LogP contribution in [-0.2, 0) is 0 Å². The fourth-order valence-electron chi connectivity index (χ4n) is 1.32. The van der Waals surface area contributed by atoms with E-state index in [1.807, 2.05) is 0 Å². The van der Waals surface area contributed by atoms with E-state index in [0.29, 0.717) is 0 Å². The second-order valence-electron chi connectivity index (χ2n) is 3.33. The molecule has 0 bridgehead atoms. The highest BCUT2D eigenvalue weighted by molar-refractivity contribution is 5.58. The number of nitrogens with two attached hydrogens (primary N) is 1. The van der Waals surface area contributed by atoms with Crippen molar-refractivity contribution in [1.29, 1.82) is 5.26 Å². The van der Waals surface area contributed by atoms with Crippen molar-refractivity contribution < 1.29 is 8.81 Å². The monoisotopic (exact) mass is 217 g/mol. The van der Waals surface area contributed by atoms with Crippen molar-refractivity contribution in [2.75, 3.05) is 5.73 Å². The number of anilines is 1. The standard InChI is InChI=1S/C11H8FN3O/c1-6-2-3-7(8(12)4-6)11-15-9(5-13)10(14)16-11/h2-4H,14H2,1H3. The van der Waals surface area contributed by atoms with Gasteiger partial charge in [-0.3, -0.25) is 0 Å². The van der Waals surface area contributed by atoms with Crippen LogP contribution in [0.15, 0.2) is 22.6 Å². The van der Waals surface area contributed by atoms with Gasteiger partial charge in [-0.05, 0) is 24.6 Å². The largest absolute Gasteiger partial charge is 0.419 e. The quantitative estimate of drug-likeness (QED) is 0.794. The molecule has 0 unspecified atom stereocenters. The highest BCUT2D eigenvalue weighted by atomic mass is 19.1. The smallest absolute Gasteiger partial charge is 0.233 e. The molecule has 0 saturated heterocycles. The second-order valence-corrected chi connectivity index (χ2v) is 3.33. The number of aromatic nitrogens is 1. The number of nitriles is 1. The van der Waals surface area contributed by atoms with Gasteiger partial charge in [0.25, 0.3) is 0 Å². The maximum atomic E-state index is 13.6. The van der Waals surface area contributed by atoms with E-state index < -0.39 is 5.82 Å². The van der Waals surface area contributed by atoms with E-state index in [-0.39, 0.29) is 23.0 Å². The second kappa shape index (κ2) is 3.66. The average Bonchev–Trinajstić information content (AvgIpc) is 2.59. The summed E-state index contributed by atoms with van der Waals surface area (Å²) in [6, 6.07) is 6.39. The Morgan fingerprint density at radius 1 is 1.50 bits per heavy atom. The zero-order valence-corrected chi connectivity index (χ0v) is 8.49. The van der Waals surface area contributed by atoms with Crippen LogP contribution in [0.25, 0.3) is 11.5 Å². The van der Waals surface area contributed by atoms with Crippen LogP contribution in [0.3, 0.4) is 0 Å². The number of aryl methyl sites for hydroxylation is 1. The van der Waals surface area contributed by atoms with E-state index in [9.17, 15) is 4.39 Å². The summed E-state index contributed by atoms with van der Waals surface area (Å²) in [4.78, 5) is 3.80. The number of benzene rings is 1. The van der Waals surface area contributed by atoms with Crippen LogP contribution in [0.4, 0.5) is 10.3 Å². The van der Waals surface area contributed by atoms with E-state index >= 15 is 0 Å². The summed E-state index contributed by atoms with van der Waals surface area (Å²) in [7, 11) is 0. The van der Waals surface area contributed by atoms with Crippen LogP contribution >= 0.6 is 0 Å². The van der Waals surface area contributed by atoms with Gasteiger partial charge < -0.3 is 10.2 Å². The van der Waals surface area contributed by atoms with Crippen LogP contribution in [0.5, 0.6) is 0 Å². The highest BCUT2D eigenvalue weighted by Gasteiger charge is 2.14. The molecule has 0 atom stereocenters. The van der Waals surface area contributed by atoms with Crippen LogP contribution in [0.1, 0.15) is 11.3 Å². The molecule has 0 spiro atoms. The van der Waals surface area contributed by atoms with E-state index in [0.717, 1.165) is 5.56 Å². The molecule has 0 aliphatic heterocycles. The van der Waals surface area contributed by atoms with Gasteiger partial charge in [0.2, 0.25) is 17.5 Å². The summed E-state index contributed by atoms with van der Waals surface area (Å²) in [6.45, 7) is 1.78. The molecule has 1 aromatic carbocycles. The third-order valence-electron chi connectivity index (χ3n) is 2.11. The summed E-state index contributed by atoms with van der Waals surface area (Å²) in [5.74, 6) is -0.533. The minimum Gasteiger partial charge on any atom is -0.419 e. The van der Waals surface area contributed by atoms with Crippen LogP contribution in [0.2, 0.25) is 0 Å². The zero-order valence-electron chi connectivity index (χ0n) is 8.49. The number of nitrogen functional groups attached to an aromatic ring is 1. The first-order chi connectivity index (χ1) is 7.61. The summed E-state index contributed by atoms with van der Waals surface area (Å²) >= 11 is 0. The molecule has 0 amide bonds. The molecule has 5 heteroatoms. The molecule has 80 valence electrons. The molecule has 0 fully saturated rings. The van der Waals surface area contributed by atoms with Crippen molar-refractivity contribution in [2.45, 2.75) is 6.92 Å². The van der Waals surface area contributed by atoms with Crippen molar-refractivity contribution in [3.8, 4) is 17.5 Å². The molecule has 0 aliphatic carbocycles. The molecular formula is C11H8FN3O. The Bertz CT molecular complexity index is 583. The van der Waals surface area contributed by atoms with Crippen molar-refractivity contribution in [3.63, 3.8) is 0 Å². The van der Waals surface area contributed by atoms with Gasteiger partial charge in [0.05, 0.1) is 5.56 Å². The lowest BCUT2D eigenvalue weighted by molar-refractivity contribution is 0.576. The summed E-state index contributed by atoms with van der Waals surface area (Å²) in [5, 5.41) is 8.65. The number of oxazole rings is 1. The third kappa shape index (κ3) is 1.61. The minimum absolute atomic E-state index is 0.0200. The Hall–Kier alpha value is -2.35. The SMILES string of the molecule is Cc1ccc(-c2nc(C#N)c(N)o2)c(F)c1. The Labute approximate surface area is 91.1 Å². The van der Waals surface area contributed by atoms with Gasteiger partial charge in [-0.1, -0.05) is 6.07 Å². The topological polar surface area (TPSA) is 75.8 Å². The van der Waals surface area contributed by atoms with Crippen molar-refractivity contribution in [3.05, 3.63) is 35.3 Å². The van der Waals surface area contributed by atoms with Crippen molar-refractivity contribution in [1.82, 2.24) is 4.98 Å².